The van der Waals surface area contributed by atoms with Gasteiger partial charge in [0.25, 0.3) is 0 Å². The van der Waals surface area contributed by atoms with Gasteiger partial charge in [0.05, 0.1) is 5.69 Å². The number of aryl methyl sites for hydroxylation is 1. The van der Waals surface area contributed by atoms with Crippen molar-refractivity contribution in [2.75, 3.05) is 6.54 Å². The quantitative estimate of drug-likeness (QED) is 0.700. The molecule has 0 bridgehead atoms. The molecule has 0 aliphatic heterocycles. The molecule has 0 atom stereocenters. The molecule has 2 aromatic heterocycles. The summed E-state index contributed by atoms with van der Waals surface area (Å²) < 4.78 is 55.5. The molecule has 1 N–H and O–H groups in total. The molecule has 0 unspecified atom stereocenters. The highest BCUT2D eigenvalue weighted by Crippen LogP contribution is 2.18. The number of sulfonamides is 1. The summed E-state index contributed by atoms with van der Waals surface area (Å²) in [6, 6.07) is 7.78. The van der Waals surface area contributed by atoms with Crippen LogP contribution in [-0.2, 0) is 16.4 Å². The molecule has 9 heteroatoms. The van der Waals surface area contributed by atoms with Gasteiger partial charge in [-0.2, -0.15) is 5.10 Å². The molecule has 3 rings (SSSR count). The number of nitrogens with one attached hydrogen (secondary N) is 1. The maximum absolute atomic E-state index is 13.7. The average Bonchev–Trinajstić information content (AvgIpc) is 2.92. The smallest absolute Gasteiger partial charge is 0.237 e. The zero-order chi connectivity index (χ0) is 19.6. The molecular weight excluding hydrogens is 374 g/mol. The van der Waals surface area contributed by atoms with Crippen LogP contribution in [0, 0.1) is 25.5 Å². The number of aromatic nitrogens is 3. The summed E-state index contributed by atoms with van der Waals surface area (Å²) in [5.41, 5.74) is 2.44. The molecule has 0 amide bonds. The van der Waals surface area contributed by atoms with E-state index in [-0.39, 0.29) is 6.54 Å². The normalized spacial score (nSPS) is 11.7. The Bertz CT molecular complexity index is 1070. The first-order valence-corrected chi connectivity index (χ1v) is 9.69. The Morgan fingerprint density at radius 1 is 1.15 bits per heavy atom. The molecule has 142 valence electrons. The Hall–Kier alpha value is -2.65. The summed E-state index contributed by atoms with van der Waals surface area (Å²) in [5, 5.41) is 4.45. The molecule has 0 fully saturated rings. The van der Waals surface area contributed by atoms with Crippen molar-refractivity contribution in [1.29, 1.82) is 0 Å². The van der Waals surface area contributed by atoms with Gasteiger partial charge in [-0.3, -0.25) is 0 Å². The maximum atomic E-state index is 13.7. The van der Waals surface area contributed by atoms with Crippen molar-refractivity contribution >= 4 is 10.0 Å². The number of rotatable bonds is 6. The van der Waals surface area contributed by atoms with E-state index in [4.69, 9.17) is 0 Å². The van der Waals surface area contributed by atoms with Crippen LogP contribution in [0.2, 0.25) is 0 Å². The van der Waals surface area contributed by atoms with E-state index in [2.05, 4.69) is 14.8 Å². The summed E-state index contributed by atoms with van der Waals surface area (Å²) >= 11 is 0. The second-order valence-electron chi connectivity index (χ2n) is 5.97. The van der Waals surface area contributed by atoms with Crippen LogP contribution in [0.1, 0.15) is 17.0 Å². The highest BCUT2D eigenvalue weighted by Gasteiger charge is 2.20. The van der Waals surface area contributed by atoms with E-state index in [1.807, 2.05) is 26.0 Å². The van der Waals surface area contributed by atoms with E-state index in [0.29, 0.717) is 18.3 Å². The molecule has 0 spiro atoms. The minimum atomic E-state index is -4.16. The lowest BCUT2D eigenvalue weighted by atomic mass is 10.1. The Balaban J connectivity index is 1.76. The van der Waals surface area contributed by atoms with Crippen molar-refractivity contribution < 1.29 is 17.2 Å². The van der Waals surface area contributed by atoms with E-state index in [0.717, 1.165) is 29.1 Å². The third-order valence-electron chi connectivity index (χ3n) is 4.16. The van der Waals surface area contributed by atoms with E-state index in [9.17, 15) is 17.2 Å². The van der Waals surface area contributed by atoms with Gasteiger partial charge in [0, 0.05) is 18.4 Å². The van der Waals surface area contributed by atoms with Crippen molar-refractivity contribution in [3.63, 3.8) is 0 Å². The predicted octanol–water partition coefficient (Wildman–Crippen LogP) is 2.68. The third-order valence-corrected chi connectivity index (χ3v) is 5.63. The van der Waals surface area contributed by atoms with Crippen molar-refractivity contribution in [1.82, 2.24) is 19.5 Å². The number of benzene rings is 1. The highest BCUT2D eigenvalue weighted by atomic mass is 32.2. The first-order valence-electron chi connectivity index (χ1n) is 8.21. The molecule has 0 saturated heterocycles. The second kappa shape index (κ2) is 7.53. The fourth-order valence-corrected chi connectivity index (χ4v) is 3.93. The van der Waals surface area contributed by atoms with E-state index < -0.39 is 26.6 Å². The van der Waals surface area contributed by atoms with Gasteiger partial charge in [0.15, 0.2) is 5.82 Å². The third kappa shape index (κ3) is 4.04. The largest absolute Gasteiger partial charge is 0.243 e. The van der Waals surface area contributed by atoms with Gasteiger partial charge in [-0.15, -0.1) is 0 Å². The van der Waals surface area contributed by atoms with Crippen LogP contribution in [0.4, 0.5) is 8.78 Å². The first kappa shape index (κ1) is 19.1. The highest BCUT2D eigenvalue weighted by molar-refractivity contribution is 7.89. The van der Waals surface area contributed by atoms with Gasteiger partial charge in [0.1, 0.15) is 16.5 Å². The van der Waals surface area contributed by atoms with Crippen LogP contribution in [0.3, 0.4) is 0 Å². The molecule has 27 heavy (non-hydrogen) atoms. The molecule has 3 aromatic rings. The molecule has 1 aromatic carbocycles. The van der Waals surface area contributed by atoms with Crippen LogP contribution in [0.25, 0.3) is 5.82 Å². The Kier molecular flexibility index (Phi) is 5.33. The average molecular weight is 392 g/mol. The van der Waals surface area contributed by atoms with Gasteiger partial charge in [0.2, 0.25) is 10.0 Å². The molecule has 2 heterocycles. The lowest BCUT2D eigenvalue weighted by Crippen LogP contribution is -2.27. The van der Waals surface area contributed by atoms with Crippen LogP contribution >= 0.6 is 0 Å². The second-order valence-corrected chi connectivity index (χ2v) is 7.71. The number of hydrogen-bond donors (Lipinski definition) is 1. The van der Waals surface area contributed by atoms with Gasteiger partial charge in [-0.1, -0.05) is 6.07 Å². The van der Waals surface area contributed by atoms with Crippen molar-refractivity contribution in [2.45, 2.75) is 25.2 Å². The Labute approximate surface area is 155 Å². The Morgan fingerprint density at radius 2 is 1.93 bits per heavy atom. The predicted molar refractivity (Wildman–Crippen MR) is 96.1 cm³/mol. The molecular formula is C18H18F2N4O2S. The van der Waals surface area contributed by atoms with Gasteiger partial charge < -0.3 is 0 Å². The summed E-state index contributed by atoms with van der Waals surface area (Å²) in [4.78, 5) is 3.54. The number of nitrogens with zero attached hydrogens (tertiary/aromatic N) is 3. The summed E-state index contributed by atoms with van der Waals surface area (Å²) in [6.07, 6.45) is 2.01. The Morgan fingerprint density at radius 3 is 2.63 bits per heavy atom. The zero-order valence-electron chi connectivity index (χ0n) is 14.8. The van der Waals surface area contributed by atoms with Crippen molar-refractivity contribution in [3.8, 4) is 5.82 Å². The van der Waals surface area contributed by atoms with Crippen LogP contribution < -0.4 is 4.72 Å². The molecule has 0 aliphatic carbocycles. The van der Waals surface area contributed by atoms with Crippen molar-refractivity contribution in [3.05, 3.63) is 71.2 Å². The standard InChI is InChI=1S/C18H18F2N4O2S/c1-12-15(13(2)24(23-12)18-5-3-4-9-21-18)8-10-22-27(25,26)17-11-14(19)6-7-16(17)20/h3-7,9,11,22H,8,10H2,1-2H3. The fraction of sp³-hybridized carbons (Fsp3) is 0.222. The fourth-order valence-electron chi connectivity index (χ4n) is 2.81. The zero-order valence-corrected chi connectivity index (χ0v) is 15.6. The molecule has 0 radical (unpaired) electrons. The summed E-state index contributed by atoms with van der Waals surface area (Å²) in [7, 11) is -4.16. The number of pyridine rings is 1. The van der Waals surface area contributed by atoms with Gasteiger partial charge in [-0.05, 0) is 56.2 Å². The molecule has 0 saturated carbocycles. The van der Waals surface area contributed by atoms with Gasteiger partial charge >= 0.3 is 0 Å². The number of halogens is 2. The molecule has 0 aliphatic rings. The minimum absolute atomic E-state index is 0.0217. The van der Waals surface area contributed by atoms with E-state index >= 15 is 0 Å². The summed E-state index contributed by atoms with van der Waals surface area (Å²) in [6.45, 7) is 3.71. The topological polar surface area (TPSA) is 76.9 Å². The molecule has 6 nitrogen and oxygen atoms in total. The number of hydrogen-bond acceptors (Lipinski definition) is 4. The minimum Gasteiger partial charge on any atom is -0.237 e. The van der Waals surface area contributed by atoms with E-state index in [1.165, 1.54) is 0 Å². The van der Waals surface area contributed by atoms with Crippen LogP contribution in [-0.4, -0.2) is 29.7 Å². The lowest BCUT2D eigenvalue weighted by Gasteiger charge is -2.08. The van der Waals surface area contributed by atoms with Crippen molar-refractivity contribution in [2.24, 2.45) is 0 Å². The SMILES string of the molecule is Cc1nn(-c2ccccn2)c(C)c1CCNS(=O)(=O)c1cc(F)ccc1F. The van der Waals surface area contributed by atoms with Crippen LogP contribution in [0.15, 0.2) is 47.5 Å². The van der Waals surface area contributed by atoms with E-state index in [1.54, 1.807) is 16.9 Å². The summed E-state index contributed by atoms with van der Waals surface area (Å²) in [5.74, 6) is -1.16. The first-order chi connectivity index (χ1) is 12.8. The monoisotopic (exact) mass is 392 g/mol. The van der Waals surface area contributed by atoms with Gasteiger partial charge in [-0.25, -0.2) is 31.6 Å². The maximum Gasteiger partial charge on any atom is 0.243 e. The van der Waals surface area contributed by atoms with Crippen LogP contribution in [0.5, 0.6) is 0 Å². The lowest BCUT2D eigenvalue weighted by molar-refractivity contribution is 0.546.